The van der Waals surface area contributed by atoms with Gasteiger partial charge in [0.15, 0.2) is 10.8 Å². The number of methoxy groups -OCH3 is 1. The molecule has 33 heavy (non-hydrogen) atoms. The lowest BCUT2D eigenvalue weighted by atomic mass is 10.0. The number of allylic oxidation sites excluding steroid dienone is 3. The summed E-state index contributed by atoms with van der Waals surface area (Å²) in [5, 5.41) is 0. The molecule has 0 radical (unpaired) electrons. The van der Waals surface area contributed by atoms with Crippen molar-refractivity contribution in [2.75, 3.05) is 33.4 Å². The highest BCUT2D eigenvalue weighted by Crippen LogP contribution is 2.41. The molecule has 0 spiro atoms. The monoisotopic (exact) mass is 489 g/mol. The van der Waals surface area contributed by atoms with E-state index in [2.05, 4.69) is 0 Å². The Bertz CT molecular complexity index is 1080. The van der Waals surface area contributed by atoms with Crippen LogP contribution in [0.1, 0.15) is 11.1 Å². The fourth-order valence-electron chi connectivity index (χ4n) is 3.56. The molecule has 0 saturated carbocycles. The van der Waals surface area contributed by atoms with Crippen molar-refractivity contribution in [1.29, 1.82) is 0 Å². The van der Waals surface area contributed by atoms with E-state index in [1.807, 2.05) is 71.6 Å². The van der Waals surface area contributed by atoms with Gasteiger partial charge in [-0.2, -0.15) is 14.0 Å². The molecule has 9 heteroatoms. The van der Waals surface area contributed by atoms with Crippen LogP contribution in [0.2, 0.25) is 0 Å². The van der Waals surface area contributed by atoms with Crippen LogP contribution in [0.5, 0.6) is 5.75 Å². The van der Waals surface area contributed by atoms with E-state index in [1.165, 1.54) is 0 Å². The molecule has 1 atom stereocenters. The van der Waals surface area contributed by atoms with Crippen LogP contribution in [-0.2, 0) is 8.47 Å². The average Bonchev–Trinajstić information content (AvgIpc) is 2.83. The summed E-state index contributed by atoms with van der Waals surface area (Å²) in [5.41, 5.74) is 2.63. The lowest BCUT2D eigenvalue weighted by molar-refractivity contribution is -1.91. The van der Waals surface area contributed by atoms with Gasteiger partial charge in [0.05, 0.1) is 35.6 Å². The number of rotatable bonds is 6. The summed E-state index contributed by atoms with van der Waals surface area (Å²) < 4.78 is 51.0. The van der Waals surface area contributed by atoms with E-state index < -0.39 is 21.0 Å². The first kappa shape index (κ1) is 23.9. The van der Waals surface area contributed by atoms with Crippen LogP contribution in [0.3, 0.4) is 0 Å². The van der Waals surface area contributed by atoms with Gasteiger partial charge in [-0.15, -0.1) is 0 Å². The number of morpholine rings is 1. The Hall–Kier alpha value is -2.27. The summed E-state index contributed by atoms with van der Waals surface area (Å²) >= 11 is 0. The summed E-state index contributed by atoms with van der Waals surface area (Å²) in [6, 6.07) is 17.1. The first-order valence-corrected chi connectivity index (χ1v) is 12.7. The second-order valence-corrected chi connectivity index (χ2v) is 9.89. The number of ether oxygens (including phenoxy) is 2. The Morgan fingerprint density at radius 3 is 2.27 bits per heavy atom. The smallest absolute Gasteiger partial charge is 0.158 e. The molecule has 2 heterocycles. The minimum atomic E-state index is -4.65. The van der Waals surface area contributed by atoms with Crippen LogP contribution in [0.15, 0.2) is 77.7 Å². The molecule has 2 aliphatic rings. The van der Waals surface area contributed by atoms with Crippen LogP contribution < -0.4 is 18.7 Å². The van der Waals surface area contributed by atoms with Crippen molar-refractivity contribution in [2.24, 2.45) is 0 Å². The molecule has 0 aliphatic carbocycles. The standard InChI is InChI=1S/C24H24ClNO6S/c1-30-21-10-7-19(8-11-21)9-12-22-13-14-23(20-5-3-2-4-6-20)24(26-15-17-31-18-16-26)33(22)32-25(27,28)29/h2-14H,15-18H2,1H3/b12-9+. The zero-order valence-electron chi connectivity index (χ0n) is 18.0. The first-order valence-electron chi connectivity index (χ1n) is 10.3. The SMILES string of the molecule is COc1ccc(/C=C/C2=CC=C(c3ccccc3)C(N3CCOCC3)=S2O[Cl+3]([O-])([O-])[O-])cc1. The Morgan fingerprint density at radius 1 is 0.939 bits per heavy atom. The predicted molar refractivity (Wildman–Crippen MR) is 121 cm³/mol. The highest BCUT2D eigenvalue weighted by atomic mass is 35.7. The fraction of sp³-hybridized carbons (Fsp3) is 0.208. The number of benzene rings is 2. The lowest BCUT2D eigenvalue weighted by Gasteiger charge is -2.32. The van der Waals surface area contributed by atoms with Crippen LogP contribution in [-0.4, -0.2) is 43.3 Å². The highest BCUT2D eigenvalue weighted by molar-refractivity contribution is 8.15. The van der Waals surface area contributed by atoms with E-state index in [9.17, 15) is 14.0 Å². The molecule has 1 unspecified atom stereocenters. The summed E-state index contributed by atoms with van der Waals surface area (Å²) in [6.45, 7) is 2.14. The zero-order chi connectivity index (χ0) is 23.3. The zero-order valence-corrected chi connectivity index (χ0v) is 19.6. The Kier molecular flexibility index (Phi) is 7.79. The molecule has 0 aromatic heterocycles. The summed E-state index contributed by atoms with van der Waals surface area (Å²) in [4.78, 5) is 3.28. The average molecular weight is 490 g/mol. The van der Waals surface area contributed by atoms with Gasteiger partial charge in [0.1, 0.15) is 9.49 Å². The molecule has 2 aliphatic heterocycles. The van der Waals surface area contributed by atoms with E-state index in [4.69, 9.17) is 13.2 Å². The summed E-state index contributed by atoms with van der Waals surface area (Å²) in [5.74, 6) is 0.738. The Morgan fingerprint density at radius 2 is 1.64 bits per heavy atom. The van der Waals surface area contributed by atoms with Gasteiger partial charge in [-0.1, -0.05) is 54.6 Å². The third kappa shape index (κ3) is 6.20. The van der Waals surface area contributed by atoms with E-state index in [-0.39, 0.29) is 0 Å². The van der Waals surface area contributed by atoms with Gasteiger partial charge < -0.3 is 9.47 Å². The minimum absolute atomic E-state index is 0.505. The van der Waals surface area contributed by atoms with Crippen LogP contribution in [0, 0.1) is 10.2 Å². The van der Waals surface area contributed by atoms with Crippen molar-refractivity contribution in [3.05, 3.63) is 88.9 Å². The third-order valence-corrected chi connectivity index (χ3v) is 7.76. The maximum absolute atomic E-state index is 11.7. The van der Waals surface area contributed by atoms with Crippen molar-refractivity contribution in [3.8, 4) is 5.75 Å². The van der Waals surface area contributed by atoms with Crippen LogP contribution in [0.25, 0.3) is 11.6 Å². The van der Waals surface area contributed by atoms with Gasteiger partial charge >= 0.3 is 0 Å². The molecular formula is C24H24ClNO6S. The number of nitrogens with zero attached hydrogens (tertiary/aromatic N) is 1. The van der Waals surface area contributed by atoms with E-state index in [1.54, 1.807) is 19.3 Å². The number of hydrogen-bond acceptors (Lipinski definition) is 7. The number of hydrogen-bond donors (Lipinski definition) is 0. The highest BCUT2D eigenvalue weighted by Gasteiger charge is 2.34. The van der Waals surface area contributed by atoms with Crippen LogP contribution >= 0.6 is 10.8 Å². The van der Waals surface area contributed by atoms with E-state index in [0.29, 0.717) is 36.2 Å². The molecule has 2 aromatic carbocycles. The largest absolute Gasteiger partial charge is 0.497 e. The Balaban J connectivity index is 1.79. The van der Waals surface area contributed by atoms with Crippen molar-refractivity contribution < 1.29 is 37.4 Å². The molecule has 4 rings (SSSR count). The van der Waals surface area contributed by atoms with E-state index in [0.717, 1.165) is 22.4 Å². The molecule has 7 nitrogen and oxygen atoms in total. The molecule has 174 valence electrons. The second-order valence-electron chi connectivity index (χ2n) is 7.24. The van der Waals surface area contributed by atoms with Gasteiger partial charge in [-0.25, -0.2) is 0 Å². The maximum Gasteiger partial charge on any atom is 0.158 e. The normalized spacial score (nSPS) is 20.0. The first-order chi connectivity index (χ1) is 15.9. The quantitative estimate of drug-likeness (QED) is 0.563. The summed E-state index contributed by atoms with van der Waals surface area (Å²) in [7, 11) is -4.49. The fourth-order valence-corrected chi connectivity index (χ4v) is 6.11. The molecule has 0 N–H and O–H groups in total. The van der Waals surface area contributed by atoms with Gasteiger partial charge in [0.2, 0.25) is 0 Å². The molecule has 1 fully saturated rings. The predicted octanol–water partition coefficient (Wildman–Crippen LogP) is 1.25. The second kappa shape index (κ2) is 10.8. The Labute approximate surface area is 197 Å². The summed E-state index contributed by atoms with van der Waals surface area (Å²) in [6.07, 6.45) is 7.37. The van der Waals surface area contributed by atoms with Gasteiger partial charge in [0, 0.05) is 23.6 Å². The topological polar surface area (TPSA) is 100 Å². The minimum Gasteiger partial charge on any atom is -0.497 e. The van der Waals surface area contributed by atoms with Gasteiger partial charge in [-0.05, 0) is 35.4 Å². The van der Waals surface area contributed by atoms with Crippen molar-refractivity contribution in [1.82, 2.24) is 4.90 Å². The molecule has 0 amide bonds. The molecular weight excluding hydrogens is 466 g/mol. The lowest BCUT2D eigenvalue weighted by Crippen LogP contribution is -2.60. The molecule has 1 saturated heterocycles. The van der Waals surface area contributed by atoms with Crippen LogP contribution in [0.4, 0.5) is 0 Å². The maximum atomic E-state index is 11.7. The van der Waals surface area contributed by atoms with Gasteiger partial charge in [0.25, 0.3) is 0 Å². The molecule has 2 aromatic rings. The van der Waals surface area contributed by atoms with Gasteiger partial charge in [-0.3, -0.25) is 4.90 Å². The number of halogens is 1. The molecule has 0 bridgehead atoms. The van der Waals surface area contributed by atoms with Crippen molar-refractivity contribution >= 4 is 27.4 Å². The van der Waals surface area contributed by atoms with Crippen molar-refractivity contribution in [2.45, 2.75) is 0 Å². The van der Waals surface area contributed by atoms with Crippen molar-refractivity contribution in [3.63, 3.8) is 0 Å². The third-order valence-electron chi connectivity index (χ3n) is 5.11. The van der Waals surface area contributed by atoms with E-state index >= 15 is 0 Å².